The van der Waals surface area contributed by atoms with Crippen LogP contribution in [0.5, 0.6) is 17.2 Å². The molecule has 1 aliphatic heterocycles. The number of rotatable bonds is 5. The minimum atomic E-state index is -0.122. The lowest BCUT2D eigenvalue weighted by molar-refractivity contribution is -0.125. The van der Waals surface area contributed by atoms with Gasteiger partial charge in [0.15, 0.2) is 11.5 Å². The fraction of sp³-hybridized carbons (Fsp3) is 0.316. The molecule has 6 nitrogen and oxygen atoms in total. The molecule has 1 aromatic carbocycles. The molecule has 0 saturated carbocycles. The normalized spacial score (nSPS) is 13.1. The first-order valence-corrected chi connectivity index (χ1v) is 8.03. The number of aryl methyl sites for hydroxylation is 1. The van der Waals surface area contributed by atoms with Crippen LogP contribution in [0.3, 0.4) is 0 Å². The fourth-order valence-corrected chi connectivity index (χ4v) is 2.57. The van der Waals surface area contributed by atoms with Crippen LogP contribution >= 0.6 is 0 Å². The fourth-order valence-electron chi connectivity index (χ4n) is 2.57. The number of likely N-dealkylation sites (N-methyl/N-ethyl adjacent to an activating group) is 1. The molecule has 0 radical (unpaired) electrons. The van der Waals surface area contributed by atoms with E-state index in [0.29, 0.717) is 37.0 Å². The summed E-state index contributed by atoms with van der Waals surface area (Å²) in [5, 5.41) is 0. The van der Waals surface area contributed by atoms with Crippen molar-refractivity contribution in [2.75, 3.05) is 27.4 Å². The van der Waals surface area contributed by atoms with Gasteiger partial charge in [-0.15, -0.1) is 0 Å². The molecular formula is C19H21NO5. The van der Waals surface area contributed by atoms with Crippen molar-refractivity contribution >= 4 is 12.0 Å². The van der Waals surface area contributed by atoms with Crippen LogP contribution in [0.15, 0.2) is 34.8 Å². The van der Waals surface area contributed by atoms with Crippen LogP contribution in [0.2, 0.25) is 0 Å². The summed E-state index contributed by atoms with van der Waals surface area (Å²) >= 11 is 0. The minimum Gasteiger partial charge on any atom is -0.493 e. The Morgan fingerprint density at radius 2 is 2.08 bits per heavy atom. The third kappa shape index (κ3) is 3.96. The monoisotopic (exact) mass is 343 g/mol. The highest BCUT2D eigenvalue weighted by Gasteiger charge is 2.18. The number of nitrogens with zero attached hydrogens (tertiary/aromatic N) is 1. The first kappa shape index (κ1) is 17.0. The number of ether oxygens (including phenoxy) is 3. The van der Waals surface area contributed by atoms with Gasteiger partial charge < -0.3 is 23.5 Å². The smallest absolute Gasteiger partial charge is 0.246 e. The van der Waals surface area contributed by atoms with Crippen molar-refractivity contribution in [1.82, 2.24) is 4.90 Å². The van der Waals surface area contributed by atoms with E-state index in [0.717, 1.165) is 17.1 Å². The number of carbonyl (C=O) groups excluding carboxylic acids is 1. The Balaban J connectivity index is 1.71. The lowest BCUT2D eigenvalue weighted by Gasteiger charge is -2.21. The zero-order valence-corrected chi connectivity index (χ0v) is 14.6. The quantitative estimate of drug-likeness (QED) is 0.781. The highest BCUT2D eigenvalue weighted by molar-refractivity contribution is 5.91. The van der Waals surface area contributed by atoms with Crippen LogP contribution < -0.4 is 14.2 Å². The van der Waals surface area contributed by atoms with Gasteiger partial charge in [-0.2, -0.15) is 0 Å². The maximum atomic E-state index is 12.3. The minimum absolute atomic E-state index is 0.122. The Kier molecular flexibility index (Phi) is 4.97. The van der Waals surface area contributed by atoms with E-state index in [2.05, 4.69) is 0 Å². The number of carbonyl (C=O) groups is 1. The number of fused-ring (bicyclic) bond motifs is 1. The first-order chi connectivity index (χ1) is 12.1. The van der Waals surface area contributed by atoms with E-state index in [4.69, 9.17) is 18.6 Å². The van der Waals surface area contributed by atoms with Gasteiger partial charge in [0.05, 0.1) is 13.7 Å². The lowest BCUT2D eigenvalue weighted by atomic mass is 10.1. The predicted octanol–water partition coefficient (Wildman–Crippen LogP) is 3.04. The van der Waals surface area contributed by atoms with Crippen LogP contribution in [0.25, 0.3) is 6.08 Å². The molecule has 132 valence electrons. The summed E-state index contributed by atoms with van der Waals surface area (Å²) in [7, 11) is 3.31. The second-order valence-electron chi connectivity index (χ2n) is 5.79. The maximum absolute atomic E-state index is 12.3. The summed E-state index contributed by atoms with van der Waals surface area (Å²) in [6, 6.07) is 7.39. The van der Waals surface area contributed by atoms with Gasteiger partial charge in [-0.1, -0.05) is 0 Å². The van der Waals surface area contributed by atoms with E-state index in [1.165, 1.54) is 6.08 Å². The van der Waals surface area contributed by atoms with Gasteiger partial charge >= 0.3 is 0 Å². The average Bonchev–Trinajstić information content (AvgIpc) is 3.03. The number of benzene rings is 1. The molecule has 3 rings (SSSR count). The standard InChI is InChI=1S/C19H21NO5/c1-13-4-6-15(25-13)12-20(2)18(21)7-5-14-10-16(22-3)19-17(11-14)23-8-9-24-19/h4-7,10-11H,8-9,12H2,1-3H3. The molecule has 0 saturated heterocycles. The zero-order chi connectivity index (χ0) is 17.8. The Morgan fingerprint density at radius 1 is 1.28 bits per heavy atom. The van der Waals surface area contributed by atoms with Crippen molar-refractivity contribution in [2.24, 2.45) is 0 Å². The second-order valence-corrected chi connectivity index (χ2v) is 5.79. The van der Waals surface area contributed by atoms with Crippen LogP contribution in [0.4, 0.5) is 0 Å². The van der Waals surface area contributed by atoms with Crippen molar-refractivity contribution in [3.8, 4) is 17.2 Å². The molecule has 0 bridgehead atoms. The van der Waals surface area contributed by atoms with Gasteiger partial charge in [-0.25, -0.2) is 0 Å². The Labute approximate surface area is 146 Å². The van der Waals surface area contributed by atoms with Gasteiger partial charge in [0, 0.05) is 13.1 Å². The van der Waals surface area contributed by atoms with Crippen molar-refractivity contribution in [2.45, 2.75) is 13.5 Å². The molecule has 0 fully saturated rings. The highest BCUT2D eigenvalue weighted by atomic mass is 16.6. The number of hydrogen-bond donors (Lipinski definition) is 0. The molecule has 1 amide bonds. The summed E-state index contributed by atoms with van der Waals surface area (Å²) in [6.07, 6.45) is 3.24. The highest BCUT2D eigenvalue weighted by Crippen LogP contribution is 2.40. The molecule has 2 heterocycles. The summed E-state index contributed by atoms with van der Waals surface area (Å²) in [6.45, 7) is 3.28. The predicted molar refractivity (Wildman–Crippen MR) is 92.9 cm³/mol. The van der Waals surface area contributed by atoms with E-state index in [1.54, 1.807) is 25.1 Å². The summed E-state index contributed by atoms with van der Waals surface area (Å²) < 4.78 is 22.0. The zero-order valence-electron chi connectivity index (χ0n) is 14.6. The van der Waals surface area contributed by atoms with Gasteiger partial charge in [0.25, 0.3) is 0 Å². The van der Waals surface area contributed by atoms with E-state index in [9.17, 15) is 4.79 Å². The largest absolute Gasteiger partial charge is 0.493 e. The molecule has 25 heavy (non-hydrogen) atoms. The average molecular weight is 343 g/mol. The van der Waals surface area contributed by atoms with E-state index in [-0.39, 0.29) is 5.91 Å². The third-order valence-electron chi connectivity index (χ3n) is 3.83. The van der Waals surface area contributed by atoms with Crippen molar-refractivity contribution in [3.63, 3.8) is 0 Å². The molecule has 0 N–H and O–H groups in total. The topological polar surface area (TPSA) is 61.1 Å². The van der Waals surface area contributed by atoms with Crippen molar-refractivity contribution in [1.29, 1.82) is 0 Å². The molecule has 2 aromatic rings. The number of methoxy groups -OCH3 is 1. The van der Waals surface area contributed by atoms with Crippen LogP contribution in [-0.2, 0) is 11.3 Å². The molecule has 1 aliphatic rings. The molecule has 6 heteroatoms. The number of amides is 1. The summed E-state index contributed by atoms with van der Waals surface area (Å²) in [5.74, 6) is 3.27. The van der Waals surface area contributed by atoms with Gasteiger partial charge in [0.2, 0.25) is 11.7 Å². The maximum Gasteiger partial charge on any atom is 0.246 e. The van der Waals surface area contributed by atoms with E-state index < -0.39 is 0 Å². The Morgan fingerprint density at radius 3 is 2.80 bits per heavy atom. The van der Waals surface area contributed by atoms with Crippen LogP contribution in [0.1, 0.15) is 17.1 Å². The summed E-state index contributed by atoms with van der Waals surface area (Å²) in [4.78, 5) is 13.9. The molecule has 1 aromatic heterocycles. The first-order valence-electron chi connectivity index (χ1n) is 8.03. The second kappa shape index (κ2) is 7.34. The SMILES string of the molecule is COc1cc(C=CC(=O)N(C)Cc2ccc(C)o2)cc2c1OCCO2. The molecular weight excluding hydrogens is 322 g/mol. The van der Waals surface area contributed by atoms with Gasteiger partial charge in [0.1, 0.15) is 24.7 Å². The van der Waals surface area contributed by atoms with Crippen LogP contribution in [-0.4, -0.2) is 38.2 Å². The molecule has 0 aliphatic carbocycles. The van der Waals surface area contributed by atoms with E-state index >= 15 is 0 Å². The molecule has 0 atom stereocenters. The Bertz CT molecular complexity index is 776. The third-order valence-corrected chi connectivity index (χ3v) is 3.83. The molecule has 0 unspecified atom stereocenters. The van der Waals surface area contributed by atoms with Crippen molar-refractivity contribution < 1.29 is 23.4 Å². The number of hydrogen-bond acceptors (Lipinski definition) is 5. The molecule has 0 spiro atoms. The lowest BCUT2D eigenvalue weighted by Crippen LogP contribution is -2.23. The van der Waals surface area contributed by atoms with Gasteiger partial charge in [-0.3, -0.25) is 4.79 Å². The van der Waals surface area contributed by atoms with Crippen LogP contribution in [0, 0.1) is 6.92 Å². The van der Waals surface area contributed by atoms with E-state index in [1.807, 2.05) is 31.2 Å². The Hall–Kier alpha value is -2.89. The van der Waals surface area contributed by atoms with Gasteiger partial charge in [-0.05, 0) is 42.8 Å². The van der Waals surface area contributed by atoms with Crippen molar-refractivity contribution in [3.05, 3.63) is 47.4 Å². The summed E-state index contributed by atoms with van der Waals surface area (Å²) in [5.41, 5.74) is 0.802. The number of furan rings is 1.